The van der Waals surface area contributed by atoms with Crippen LogP contribution in [0.5, 0.6) is 11.5 Å². The van der Waals surface area contributed by atoms with E-state index in [0.717, 1.165) is 0 Å². The zero-order chi connectivity index (χ0) is 31.9. The van der Waals surface area contributed by atoms with E-state index in [0.29, 0.717) is 35.8 Å². The van der Waals surface area contributed by atoms with Crippen LogP contribution in [0.1, 0.15) is 39.8 Å². The Bertz CT molecular complexity index is 1650. The molecule has 0 radical (unpaired) electrons. The van der Waals surface area contributed by atoms with Gasteiger partial charge in [0.05, 0.1) is 30.9 Å². The van der Waals surface area contributed by atoms with Gasteiger partial charge in [-0.05, 0) is 57.0 Å². The Balaban J connectivity index is 1.65. The Morgan fingerprint density at radius 1 is 1.14 bits per heavy atom. The van der Waals surface area contributed by atoms with Crippen LogP contribution in [0, 0.1) is 5.82 Å². The molecular formula is C32H38FN5O6. The van der Waals surface area contributed by atoms with E-state index < -0.39 is 34.9 Å². The Labute approximate surface area is 254 Å². The van der Waals surface area contributed by atoms with Crippen molar-refractivity contribution in [2.45, 2.75) is 58.7 Å². The molecule has 3 N–H and O–H groups in total. The van der Waals surface area contributed by atoms with Crippen molar-refractivity contribution in [3.05, 3.63) is 76.9 Å². The van der Waals surface area contributed by atoms with Gasteiger partial charge in [0.2, 0.25) is 0 Å². The number of hydrogen-bond donors (Lipinski definition) is 3. The van der Waals surface area contributed by atoms with Crippen LogP contribution in [-0.4, -0.2) is 58.4 Å². The highest BCUT2D eigenvalue weighted by Crippen LogP contribution is 2.30. The van der Waals surface area contributed by atoms with Gasteiger partial charge >= 0.3 is 6.09 Å². The number of fused-ring (bicyclic) bond motifs is 1. The molecule has 0 aliphatic carbocycles. The van der Waals surface area contributed by atoms with Crippen LogP contribution in [0.4, 0.5) is 9.18 Å². The lowest BCUT2D eigenvalue weighted by Gasteiger charge is -2.23. The summed E-state index contributed by atoms with van der Waals surface area (Å²) in [6.07, 6.45) is 3.55. The van der Waals surface area contributed by atoms with E-state index >= 15 is 4.39 Å². The number of rotatable bonds is 12. The van der Waals surface area contributed by atoms with Crippen molar-refractivity contribution < 1.29 is 28.2 Å². The molecule has 1 atom stereocenters. The molecular weight excluding hydrogens is 569 g/mol. The van der Waals surface area contributed by atoms with Gasteiger partial charge in [-0.25, -0.2) is 14.2 Å². The molecule has 4 aromatic rings. The van der Waals surface area contributed by atoms with E-state index in [2.05, 4.69) is 20.6 Å². The topological polar surface area (TPSA) is 137 Å². The lowest BCUT2D eigenvalue weighted by atomic mass is 10.0. The smallest absolute Gasteiger partial charge is 0.408 e. The van der Waals surface area contributed by atoms with Crippen LogP contribution in [0.15, 0.2) is 59.9 Å². The van der Waals surface area contributed by atoms with Crippen molar-refractivity contribution in [1.29, 1.82) is 0 Å². The monoisotopic (exact) mass is 607 g/mol. The van der Waals surface area contributed by atoms with Crippen molar-refractivity contribution in [1.82, 2.24) is 25.2 Å². The number of carbonyl (C=O) groups is 2. The number of imidazole rings is 1. The number of aromatic amines is 1. The number of alkyl carbamates (subject to hydrolysis) is 1. The second kappa shape index (κ2) is 14.1. The first-order chi connectivity index (χ1) is 21.0. The third-order valence-corrected chi connectivity index (χ3v) is 6.63. The minimum Gasteiger partial charge on any atom is -0.497 e. The van der Waals surface area contributed by atoms with Gasteiger partial charge in [-0.3, -0.25) is 9.59 Å². The van der Waals surface area contributed by atoms with E-state index in [4.69, 9.17) is 14.2 Å². The van der Waals surface area contributed by atoms with Gasteiger partial charge in [-0.15, -0.1) is 0 Å². The summed E-state index contributed by atoms with van der Waals surface area (Å²) in [4.78, 5) is 46.3. The average Bonchev–Trinajstić information content (AvgIpc) is 3.49. The Kier molecular flexibility index (Phi) is 10.2. The number of amides is 2. The molecule has 0 spiro atoms. The van der Waals surface area contributed by atoms with Crippen LogP contribution >= 0.6 is 0 Å². The molecule has 4 rings (SSSR count). The molecule has 0 aliphatic rings. The first-order valence-corrected chi connectivity index (χ1v) is 14.4. The number of carbonyl (C=O) groups excluding carboxylic acids is 2. The molecule has 234 valence electrons. The van der Waals surface area contributed by atoms with Crippen LogP contribution in [0.3, 0.4) is 0 Å². The van der Waals surface area contributed by atoms with Gasteiger partial charge in [-0.1, -0.05) is 19.1 Å². The lowest BCUT2D eigenvalue weighted by molar-refractivity contribution is -0.129. The van der Waals surface area contributed by atoms with Gasteiger partial charge in [0.25, 0.3) is 5.91 Å². The zero-order valence-corrected chi connectivity index (χ0v) is 25.5. The fraction of sp³-hybridized carbons (Fsp3) is 0.375. The van der Waals surface area contributed by atoms with Crippen LogP contribution in [-0.2, 0) is 22.5 Å². The summed E-state index contributed by atoms with van der Waals surface area (Å²) in [6.45, 7) is 7.95. The molecule has 0 unspecified atom stereocenters. The van der Waals surface area contributed by atoms with Crippen molar-refractivity contribution in [2.24, 2.45) is 0 Å². The maximum Gasteiger partial charge on any atom is 0.408 e. The first kappa shape index (κ1) is 32.1. The molecule has 0 aliphatic heterocycles. The van der Waals surface area contributed by atoms with E-state index in [1.54, 1.807) is 69.1 Å². The quantitative estimate of drug-likeness (QED) is 0.214. The number of halogens is 1. The SMILES string of the molecule is CCCOc1ccc(F)c2c(=O)c(-c3ccc(OC)cc3)cn(CCNC(=O)[C@H](Cc3cnc[nH]3)OC(=O)NC(C)(C)C)c12. The normalized spacial score (nSPS) is 12.0. The minimum absolute atomic E-state index is 0.0756. The number of hydrogen-bond acceptors (Lipinski definition) is 7. The fourth-order valence-corrected chi connectivity index (χ4v) is 4.61. The molecule has 11 nitrogen and oxygen atoms in total. The molecule has 0 saturated carbocycles. The van der Waals surface area contributed by atoms with Gasteiger partial charge in [0.1, 0.15) is 17.3 Å². The van der Waals surface area contributed by atoms with Gasteiger partial charge in [-0.2, -0.15) is 0 Å². The van der Waals surface area contributed by atoms with Crippen molar-refractivity contribution in [3.8, 4) is 22.6 Å². The average molecular weight is 608 g/mol. The largest absolute Gasteiger partial charge is 0.497 e. The predicted molar refractivity (Wildman–Crippen MR) is 164 cm³/mol. The summed E-state index contributed by atoms with van der Waals surface area (Å²) in [5, 5.41) is 5.39. The van der Waals surface area contributed by atoms with Crippen LogP contribution in [0.2, 0.25) is 0 Å². The van der Waals surface area contributed by atoms with E-state index in [1.165, 1.54) is 18.5 Å². The Morgan fingerprint density at radius 3 is 2.52 bits per heavy atom. The summed E-state index contributed by atoms with van der Waals surface area (Å²) >= 11 is 0. The van der Waals surface area contributed by atoms with Gasteiger partial charge in [0, 0.05) is 48.7 Å². The zero-order valence-electron chi connectivity index (χ0n) is 25.5. The summed E-state index contributed by atoms with van der Waals surface area (Å²) in [5.41, 5.74) is 0.696. The van der Waals surface area contributed by atoms with E-state index in [-0.39, 0.29) is 36.0 Å². The Hall–Kier alpha value is -4.87. The minimum atomic E-state index is -1.15. The summed E-state index contributed by atoms with van der Waals surface area (Å²) in [7, 11) is 1.54. The number of ether oxygens (including phenoxy) is 3. The molecule has 0 fully saturated rings. The molecule has 12 heteroatoms. The summed E-state index contributed by atoms with van der Waals surface area (Å²) in [5.74, 6) is -0.243. The molecule has 0 bridgehead atoms. The summed E-state index contributed by atoms with van der Waals surface area (Å²) < 4.78 is 33.6. The van der Waals surface area contributed by atoms with Crippen LogP contribution < -0.4 is 25.5 Å². The highest BCUT2D eigenvalue weighted by Gasteiger charge is 2.26. The maximum atomic E-state index is 15.3. The second-order valence-electron chi connectivity index (χ2n) is 11.3. The Morgan fingerprint density at radius 2 is 1.89 bits per heavy atom. The third kappa shape index (κ3) is 7.94. The molecule has 2 amide bonds. The molecule has 44 heavy (non-hydrogen) atoms. The number of pyridine rings is 1. The first-order valence-electron chi connectivity index (χ1n) is 14.4. The van der Waals surface area contributed by atoms with Crippen LogP contribution in [0.25, 0.3) is 22.0 Å². The van der Waals surface area contributed by atoms with Crippen molar-refractivity contribution >= 4 is 22.9 Å². The van der Waals surface area contributed by atoms with E-state index in [1.807, 2.05) is 6.92 Å². The standard InChI is InChI=1S/C32H38FN5O6/c1-6-15-43-25-12-11-24(33)27-28(25)38(18-23(29(27)39)20-7-9-22(42-5)10-8-20)14-13-35-30(40)26(16-21-17-34-19-36-21)44-31(41)37-32(2,3)4/h7-12,17-19,26H,6,13-16H2,1-5H3,(H,34,36)(H,35,40)(H,37,41)/t26-/m0/s1. The third-order valence-electron chi connectivity index (χ3n) is 6.63. The van der Waals surface area contributed by atoms with Crippen molar-refractivity contribution in [3.63, 3.8) is 0 Å². The maximum absolute atomic E-state index is 15.3. The van der Waals surface area contributed by atoms with Gasteiger partial charge in [0.15, 0.2) is 11.5 Å². The highest BCUT2D eigenvalue weighted by atomic mass is 19.1. The predicted octanol–water partition coefficient (Wildman–Crippen LogP) is 4.58. The summed E-state index contributed by atoms with van der Waals surface area (Å²) in [6, 6.07) is 9.61. The number of nitrogens with one attached hydrogen (secondary N) is 3. The lowest BCUT2D eigenvalue weighted by Crippen LogP contribution is -2.46. The second-order valence-corrected chi connectivity index (χ2v) is 11.3. The molecule has 2 aromatic carbocycles. The fourth-order valence-electron chi connectivity index (χ4n) is 4.61. The number of benzene rings is 2. The number of methoxy groups -OCH3 is 1. The van der Waals surface area contributed by atoms with Gasteiger partial charge < -0.3 is 34.4 Å². The number of aromatic nitrogens is 3. The highest BCUT2D eigenvalue weighted by molar-refractivity contribution is 5.89. The molecule has 0 saturated heterocycles. The molecule has 2 aromatic heterocycles. The van der Waals surface area contributed by atoms with Crippen molar-refractivity contribution in [2.75, 3.05) is 20.3 Å². The van der Waals surface area contributed by atoms with E-state index in [9.17, 15) is 14.4 Å². The molecule has 2 heterocycles. The number of nitrogens with zero attached hydrogens (tertiary/aromatic N) is 2. The number of H-pyrrole nitrogens is 1.